The Balaban J connectivity index is 1.54. The van der Waals surface area contributed by atoms with Crippen LogP contribution in [0, 0.1) is 0 Å². The van der Waals surface area contributed by atoms with E-state index in [2.05, 4.69) is 4.98 Å². The lowest BCUT2D eigenvalue weighted by Crippen LogP contribution is -2.42. The molecule has 25 heavy (non-hydrogen) atoms. The number of likely N-dealkylation sites (tertiary alicyclic amines) is 1. The number of imide groups is 1. The number of amides is 3. The summed E-state index contributed by atoms with van der Waals surface area (Å²) >= 11 is 6.09. The molecular weight excluding hydrogens is 342 g/mol. The highest BCUT2D eigenvalue weighted by Crippen LogP contribution is 2.28. The van der Waals surface area contributed by atoms with Gasteiger partial charge < -0.3 is 4.90 Å². The smallest absolute Gasteiger partial charge is 0.280 e. The summed E-state index contributed by atoms with van der Waals surface area (Å²) in [5.41, 5.74) is 0.931. The lowest BCUT2D eigenvalue weighted by Gasteiger charge is -2.22. The van der Waals surface area contributed by atoms with Crippen LogP contribution >= 0.6 is 11.6 Å². The highest BCUT2D eigenvalue weighted by molar-refractivity contribution is 6.33. The Bertz CT molecular complexity index is 864. The molecule has 1 aromatic carbocycles. The minimum absolute atomic E-state index is 0.184. The summed E-state index contributed by atoms with van der Waals surface area (Å²) in [6, 6.07) is 9.74. The average molecular weight is 356 g/mol. The van der Waals surface area contributed by atoms with Gasteiger partial charge in [-0.2, -0.15) is 0 Å². The van der Waals surface area contributed by atoms with Crippen LogP contribution in [0.2, 0.25) is 5.02 Å². The number of carbonyl (C=O) groups is 3. The van der Waals surface area contributed by atoms with Gasteiger partial charge in [0.1, 0.15) is 5.69 Å². The van der Waals surface area contributed by atoms with Gasteiger partial charge in [-0.3, -0.25) is 24.3 Å². The molecule has 0 saturated carbocycles. The molecule has 4 rings (SSSR count). The van der Waals surface area contributed by atoms with Crippen LogP contribution in [0.5, 0.6) is 0 Å². The van der Waals surface area contributed by atoms with Gasteiger partial charge in [-0.25, -0.2) is 0 Å². The number of hydrogen-bond donors (Lipinski definition) is 0. The summed E-state index contributed by atoms with van der Waals surface area (Å²) in [5.74, 6) is -0.925. The Kier molecular flexibility index (Phi) is 3.77. The van der Waals surface area contributed by atoms with Gasteiger partial charge >= 0.3 is 0 Å². The molecule has 0 spiro atoms. The van der Waals surface area contributed by atoms with Gasteiger partial charge in [-0.15, -0.1) is 0 Å². The van der Waals surface area contributed by atoms with E-state index in [-0.39, 0.29) is 23.6 Å². The molecule has 3 amide bonds. The Morgan fingerprint density at radius 2 is 1.92 bits per heavy atom. The van der Waals surface area contributed by atoms with E-state index >= 15 is 0 Å². The maximum Gasteiger partial charge on any atom is 0.280 e. The van der Waals surface area contributed by atoms with Crippen molar-refractivity contribution in [1.29, 1.82) is 0 Å². The van der Waals surface area contributed by atoms with E-state index in [4.69, 9.17) is 11.6 Å². The molecule has 0 radical (unpaired) electrons. The van der Waals surface area contributed by atoms with E-state index in [1.54, 1.807) is 41.3 Å². The molecule has 0 N–H and O–H groups in total. The fourth-order valence-electron chi connectivity index (χ4n) is 3.36. The summed E-state index contributed by atoms with van der Waals surface area (Å²) in [5, 5.41) is 0.390. The van der Waals surface area contributed by atoms with E-state index in [1.165, 1.54) is 11.1 Å². The minimum atomic E-state index is -0.391. The van der Waals surface area contributed by atoms with E-state index in [0.717, 1.165) is 0 Å². The van der Waals surface area contributed by atoms with Gasteiger partial charge in [-0.1, -0.05) is 23.7 Å². The molecule has 126 valence electrons. The monoisotopic (exact) mass is 355 g/mol. The zero-order valence-electron chi connectivity index (χ0n) is 13.2. The normalized spacial score (nSPS) is 19.5. The third-order valence-electron chi connectivity index (χ3n) is 4.60. The van der Waals surface area contributed by atoms with Crippen molar-refractivity contribution >= 4 is 29.3 Å². The number of hydrogen-bond acceptors (Lipinski definition) is 4. The topological polar surface area (TPSA) is 70.6 Å². The molecule has 1 saturated heterocycles. The van der Waals surface area contributed by atoms with Crippen molar-refractivity contribution < 1.29 is 14.4 Å². The van der Waals surface area contributed by atoms with Crippen LogP contribution in [0.15, 0.2) is 42.6 Å². The zero-order chi connectivity index (χ0) is 17.6. The number of fused-ring (bicyclic) bond motifs is 1. The Morgan fingerprint density at radius 3 is 2.68 bits per heavy atom. The first kappa shape index (κ1) is 15.8. The zero-order valence-corrected chi connectivity index (χ0v) is 13.9. The molecule has 1 atom stereocenters. The van der Waals surface area contributed by atoms with E-state index in [9.17, 15) is 14.4 Å². The molecule has 2 aromatic rings. The summed E-state index contributed by atoms with van der Waals surface area (Å²) in [6.07, 6.45) is 2.04. The van der Waals surface area contributed by atoms with Gasteiger partial charge in [0.15, 0.2) is 0 Å². The number of benzene rings is 1. The van der Waals surface area contributed by atoms with Crippen molar-refractivity contribution in [3.8, 4) is 0 Å². The summed E-state index contributed by atoms with van der Waals surface area (Å²) in [6.45, 7) is 0.769. The lowest BCUT2D eigenvalue weighted by atomic mass is 10.2. The van der Waals surface area contributed by atoms with Crippen molar-refractivity contribution in [1.82, 2.24) is 14.8 Å². The second-order valence-electron chi connectivity index (χ2n) is 6.05. The van der Waals surface area contributed by atoms with Crippen molar-refractivity contribution in [2.24, 2.45) is 0 Å². The number of aromatic nitrogens is 1. The van der Waals surface area contributed by atoms with Crippen molar-refractivity contribution in [3.05, 3.63) is 64.4 Å². The Hall–Kier alpha value is -2.73. The molecule has 1 unspecified atom stereocenters. The predicted molar refractivity (Wildman–Crippen MR) is 90.5 cm³/mol. The average Bonchev–Trinajstić information content (AvgIpc) is 3.19. The minimum Gasteiger partial charge on any atom is -0.336 e. The fourth-order valence-corrected chi connectivity index (χ4v) is 3.57. The van der Waals surface area contributed by atoms with Crippen LogP contribution in [-0.4, -0.2) is 51.6 Å². The van der Waals surface area contributed by atoms with Crippen LogP contribution in [-0.2, 0) is 0 Å². The molecule has 1 fully saturated rings. The second kappa shape index (κ2) is 5.97. The first-order chi connectivity index (χ1) is 12.1. The number of rotatable bonds is 2. The molecule has 7 heteroatoms. The third kappa shape index (κ3) is 2.49. The van der Waals surface area contributed by atoms with Gasteiger partial charge in [0.05, 0.1) is 22.2 Å². The highest BCUT2D eigenvalue weighted by atomic mass is 35.5. The Morgan fingerprint density at radius 1 is 1.12 bits per heavy atom. The van der Waals surface area contributed by atoms with Gasteiger partial charge in [0.25, 0.3) is 17.7 Å². The molecule has 2 aliphatic heterocycles. The molecule has 0 bridgehead atoms. The number of pyridine rings is 1. The van der Waals surface area contributed by atoms with Crippen LogP contribution in [0.25, 0.3) is 0 Å². The lowest BCUT2D eigenvalue weighted by molar-refractivity contribution is 0.0573. The molecule has 1 aromatic heterocycles. The van der Waals surface area contributed by atoms with E-state index in [0.29, 0.717) is 35.7 Å². The largest absolute Gasteiger partial charge is 0.336 e. The van der Waals surface area contributed by atoms with Gasteiger partial charge in [-0.05, 0) is 30.7 Å². The first-order valence-corrected chi connectivity index (χ1v) is 8.32. The third-order valence-corrected chi connectivity index (χ3v) is 4.93. The molecule has 6 nitrogen and oxygen atoms in total. The van der Waals surface area contributed by atoms with Crippen LogP contribution in [0.1, 0.15) is 37.6 Å². The summed E-state index contributed by atoms with van der Waals surface area (Å²) in [7, 11) is 0. The molecule has 3 heterocycles. The summed E-state index contributed by atoms with van der Waals surface area (Å²) in [4.78, 5) is 44.6. The predicted octanol–water partition coefficient (Wildman–Crippen LogP) is 2.25. The standard InChI is InChI=1S/C18H14ClN3O3/c19-14-6-2-1-4-12(14)16(23)21-9-7-11(10-21)22-17(24)13-5-3-8-20-15(13)18(22)25/h1-6,8,11H,7,9-10H2. The molecular formula is C18H14ClN3O3. The summed E-state index contributed by atoms with van der Waals surface area (Å²) < 4.78 is 0. The van der Waals surface area contributed by atoms with Crippen LogP contribution in [0.4, 0.5) is 0 Å². The molecule has 2 aliphatic rings. The van der Waals surface area contributed by atoms with Crippen molar-refractivity contribution in [3.63, 3.8) is 0 Å². The SMILES string of the molecule is O=C(c1ccccc1Cl)N1CCC(N2C(=O)c3cccnc3C2=O)C1. The number of carbonyl (C=O) groups excluding carboxylic acids is 3. The van der Waals surface area contributed by atoms with E-state index < -0.39 is 5.91 Å². The maximum atomic E-state index is 12.7. The second-order valence-corrected chi connectivity index (χ2v) is 6.46. The van der Waals surface area contributed by atoms with Gasteiger partial charge in [0.2, 0.25) is 0 Å². The maximum absolute atomic E-state index is 12.7. The van der Waals surface area contributed by atoms with E-state index in [1.807, 2.05) is 0 Å². The highest BCUT2D eigenvalue weighted by Gasteiger charge is 2.43. The number of halogens is 1. The number of nitrogens with zero attached hydrogens (tertiary/aromatic N) is 3. The quantitative estimate of drug-likeness (QED) is 0.775. The molecule has 0 aliphatic carbocycles. The van der Waals surface area contributed by atoms with Crippen molar-refractivity contribution in [2.45, 2.75) is 12.5 Å². The first-order valence-electron chi connectivity index (χ1n) is 7.94. The van der Waals surface area contributed by atoms with Crippen LogP contribution in [0.3, 0.4) is 0 Å². The van der Waals surface area contributed by atoms with Crippen LogP contribution < -0.4 is 0 Å². The van der Waals surface area contributed by atoms with Crippen molar-refractivity contribution in [2.75, 3.05) is 13.1 Å². The Labute approximate surface area is 149 Å². The van der Waals surface area contributed by atoms with Gasteiger partial charge in [0, 0.05) is 19.3 Å². The fraction of sp³-hybridized carbons (Fsp3) is 0.222.